The van der Waals surface area contributed by atoms with Crippen LogP contribution in [0.15, 0.2) is 35.7 Å². The van der Waals surface area contributed by atoms with Crippen molar-refractivity contribution in [2.45, 2.75) is 6.10 Å². The van der Waals surface area contributed by atoms with Gasteiger partial charge in [-0.2, -0.15) is 0 Å². The molecule has 1 aromatic heterocycles. The molecule has 1 heterocycles. The van der Waals surface area contributed by atoms with Gasteiger partial charge in [-0.1, -0.05) is 12.1 Å². The van der Waals surface area contributed by atoms with Crippen LogP contribution in [0, 0.1) is 0 Å². The number of carboxylic acid groups (broad SMARTS) is 1. The predicted molar refractivity (Wildman–Crippen MR) is 68.3 cm³/mol. The second-order valence-electron chi connectivity index (χ2n) is 3.68. The number of methoxy groups -OCH3 is 1. The van der Waals surface area contributed by atoms with Crippen molar-refractivity contribution in [2.75, 3.05) is 7.11 Å². The van der Waals surface area contributed by atoms with Crippen LogP contribution in [-0.4, -0.2) is 23.3 Å². The molecule has 2 aromatic rings. The van der Waals surface area contributed by atoms with E-state index in [1.165, 1.54) is 17.4 Å². The van der Waals surface area contributed by atoms with Crippen molar-refractivity contribution in [2.24, 2.45) is 0 Å². The largest absolute Gasteiger partial charge is 0.497 e. The smallest absolute Gasteiger partial charge is 0.336 e. The fourth-order valence-electron chi connectivity index (χ4n) is 1.67. The van der Waals surface area contributed by atoms with Crippen LogP contribution in [0.25, 0.3) is 0 Å². The standard InChI is InChI=1S/C13H12O4S/c1-17-9-4-2-3-8(7-9)11(14)12-10(13(15)16)5-6-18-12/h2-7,11,14H,1H3,(H,15,16). The van der Waals surface area contributed by atoms with Gasteiger partial charge in [-0.05, 0) is 29.1 Å². The van der Waals surface area contributed by atoms with Gasteiger partial charge in [0.15, 0.2) is 0 Å². The molecule has 0 aliphatic carbocycles. The van der Waals surface area contributed by atoms with Crippen LogP contribution < -0.4 is 4.74 Å². The maximum absolute atomic E-state index is 11.0. The van der Waals surface area contributed by atoms with Gasteiger partial charge >= 0.3 is 5.97 Å². The third-order valence-corrected chi connectivity index (χ3v) is 3.55. The number of hydrogen-bond acceptors (Lipinski definition) is 4. The number of carboxylic acids is 1. The van der Waals surface area contributed by atoms with Crippen molar-refractivity contribution in [3.63, 3.8) is 0 Å². The molecule has 94 valence electrons. The van der Waals surface area contributed by atoms with Gasteiger partial charge in [-0.3, -0.25) is 0 Å². The number of benzene rings is 1. The molecule has 2 rings (SSSR count). The average Bonchev–Trinajstić information content (AvgIpc) is 2.87. The molecule has 18 heavy (non-hydrogen) atoms. The maximum Gasteiger partial charge on any atom is 0.336 e. The third-order valence-electron chi connectivity index (χ3n) is 2.58. The molecule has 1 aromatic carbocycles. The molecule has 0 fully saturated rings. The first-order valence-corrected chi connectivity index (χ1v) is 6.14. The van der Waals surface area contributed by atoms with E-state index >= 15 is 0 Å². The van der Waals surface area contributed by atoms with E-state index in [4.69, 9.17) is 9.84 Å². The summed E-state index contributed by atoms with van der Waals surface area (Å²) in [6.45, 7) is 0. The number of carbonyl (C=O) groups is 1. The Morgan fingerprint density at radius 3 is 2.83 bits per heavy atom. The van der Waals surface area contributed by atoms with Gasteiger partial charge in [0.1, 0.15) is 11.9 Å². The van der Waals surface area contributed by atoms with Crippen LogP contribution in [0.3, 0.4) is 0 Å². The lowest BCUT2D eigenvalue weighted by Gasteiger charge is -2.11. The van der Waals surface area contributed by atoms with Gasteiger partial charge in [0.2, 0.25) is 0 Å². The molecule has 4 nitrogen and oxygen atoms in total. The molecule has 0 spiro atoms. The quantitative estimate of drug-likeness (QED) is 0.890. The highest BCUT2D eigenvalue weighted by Gasteiger charge is 2.20. The van der Waals surface area contributed by atoms with Crippen molar-refractivity contribution < 1.29 is 19.7 Å². The van der Waals surface area contributed by atoms with E-state index in [1.54, 1.807) is 36.8 Å². The summed E-state index contributed by atoms with van der Waals surface area (Å²) < 4.78 is 5.08. The first kappa shape index (κ1) is 12.6. The molecule has 5 heteroatoms. The van der Waals surface area contributed by atoms with E-state index in [-0.39, 0.29) is 5.56 Å². The third kappa shape index (κ3) is 2.37. The highest BCUT2D eigenvalue weighted by atomic mass is 32.1. The summed E-state index contributed by atoms with van der Waals surface area (Å²) >= 11 is 1.22. The fourth-order valence-corrected chi connectivity index (χ4v) is 2.57. The monoisotopic (exact) mass is 264 g/mol. The molecular formula is C13H12O4S. The van der Waals surface area contributed by atoms with Gasteiger partial charge in [-0.15, -0.1) is 11.3 Å². The van der Waals surface area contributed by atoms with E-state index in [9.17, 15) is 9.90 Å². The molecule has 2 N–H and O–H groups in total. The Bertz CT molecular complexity index is 562. The Morgan fingerprint density at radius 2 is 2.17 bits per heavy atom. The number of rotatable bonds is 4. The van der Waals surface area contributed by atoms with E-state index in [0.29, 0.717) is 16.2 Å². The Morgan fingerprint density at radius 1 is 1.39 bits per heavy atom. The summed E-state index contributed by atoms with van der Waals surface area (Å²) in [5.74, 6) is -0.409. The van der Waals surface area contributed by atoms with Gasteiger partial charge in [0.25, 0.3) is 0 Å². The zero-order valence-corrected chi connectivity index (χ0v) is 10.5. The van der Waals surface area contributed by atoms with Gasteiger partial charge in [-0.25, -0.2) is 4.79 Å². The lowest BCUT2D eigenvalue weighted by Crippen LogP contribution is -2.04. The van der Waals surface area contributed by atoms with Crippen LogP contribution >= 0.6 is 11.3 Å². The number of aliphatic hydroxyl groups is 1. The zero-order valence-electron chi connectivity index (χ0n) is 9.66. The van der Waals surface area contributed by atoms with Gasteiger partial charge in [0, 0.05) is 0 Å². The normalized spacial score (nSPS) is 12.1. The van der Waals surface area contributed by atoms with Crippen molar-refractivity contribution >= 4 is 17.3 Å². The summed E-state index contributed by atoms with van der Waals surface area (Å²) in [4.78, 5) is 11.4. The van der Waals surface area contributed by atoms with Gasteiger partial charge < -0.3 is 14.9 Å². The second-order valence-corrected chi connectivity index (χ2v) is 4.63. The molecule has 0 aliphatic heterocycles. The van der Waals surface area contributed by atoms with Crippen LogP contribution in [0.5, 0.6) is 5.75 Å². The minimum absolute atomic E-state index is 0.135. The lowest BCUT2D eigenvalue weighted by molar-refractivity contribution is 0.0692. The molecule has 1 unspecified atom stereocenters. The van der Waals surface area contributed by atoms with Crippen molar-refractivity contribution in [3.8, 4) is 5.75 Å². The summed E-state index contributed by atoms with van der Waals surface area (Å²) in [5, 5.41) is 20.9. The van der Waals surface area contributed by atoms with E-state index in [2.05, 4.69) is 0 Å². The zero-order chi connectivity index (χ0) is 13.1. The van der Waals surface area contributed by atoms with Crippen LogP contribution in [0.2, 0.25) is 0 Å². The SMILES string of the molecule is COc1cccc(C(O)c2sccc2C(=O)O)c1. The number of aromatic carboxylic acids is 1. The minimum Gasteiger partial charge on any atom is -0.497 e. The van der Waals surface area contributed by atoms with Crippen molar-refractivity contribution in [1.29, 1.82) is 0 Å². The highest BCUT2D eigenvalue weighted by molar-refractivity contribution is 7.10. The molecule has 0 saturated carbocycles. The first-order chi connectivity index (χ1) is 8.63. The van der Waals surface area contributed by atoms with Crippen molar-refractivity contribution in [1.82, 2.24) is 0 Å². The predicted octanol–water partition coefficient (Wildman–Crippen LogP) is 2.54. The molecule has 1 atom stereocenters. The Balaban J connectivity index is 2.38. The number of ether oxygens (including phenoxy) is 1. The Labute approximate surface area is 108 Å². The Kier molecular flexibility index (Phi) is 3.64. The molecular weight excluding hydrogens is 252 g/mol. The van der Waals surface area contributed by atoms with E-state index in [0.717, 1.165) is 0 Å². The summed E-state index contributed by atoms with van der Waals surface area (Å²) in [6, 6.07) is 8.44. The molecule has 0 aliphatic rings. The van der Waals surface area contributed by atoms with Gasteiger partial charge in [0.05, 0.1) is 17.6 Å². The van der Waals surface area contributed by atoms with E-state index in [1.807, 2.05) is 0 Å². The first-order valence-electron chi connectivity index (χ1n) is 5.26. The van der Waals surface area contributed by atoms with Crippen LogP contribution in [0.4, 0.5) is 0 Å². The maximum atomic E-state index is 11.0. The minimum atomic E-state index is -1.03. The molecule has 0 bridgehead atoms. The summed E-state index contributed by atoms with van der Waals surface area (Å²) in [7, 11) is 1.54. The number of thiophene rings is 1. The number of aliphatic hydroxyl groups excluding tert-OH is 1. The summed E-state index contributed by atoms with van der Waals surface area (Å²) in [5.41, 5.74) is 0.745. The van der Waals surface area contributed by atoms with Crippen LogP contribution in [-0.2, 0) is 0 Å². The van der Waals surface area contributed by atoms with E-state index < -0.39 is 12.1 Å². The highest BCUT2D eigenvalue weighted by Crippen LogP contribution is 2.31. The lowest BCUT2D eigenvalue weighted by atomic mass is 10.1. The summed E-state index contributed by atoms with van der Waals surface area (Å²) in [6.07, 6.45) is -0.953. The molecule has 0 amide bonds. The fraction of sp³-hybridized carbons (Fsp3) is 0.154. The second kappa shape index (κ2) is 5.20. The van der Waals surface area contributed by atoms with Crippen LogP contribution in [0.1, 0.15) is 26.9 Å². The molecule has 0 radical (unpaired) electrons. The van der Waals surface area contributed by atoms with Crippen molar-refractivity contribution in [3.05, 3.63) is 51.7 Å². The molecule has 0 saturated heterocycles. The topological polar surface area (TPSA) is 66.8 Å². The average molecular weight is 264 g/mol. The Hall–Kier alpha value is -1.85. The number of hydrogen-bond donors (Lipinski definition) is 2.